The number of anilines is 2. The van der Waals surface area contributed by atoms with Crippen molar-refractivity contribution in [2.45, 2.75) is 52.2 Å². The fraction of sp³-hybridized carbons (Fsp3) is 0.417. The van der Waals surface area contributed by atoms with E-state index >= 15 is 0 Å². The smallest absolute Gasteiger partial charge is 0.251 e. The number of nitrogens with zero attached hydrogens (tertiary/aromatic N) is 2. The Labute approximate surface area is 193 Å². The van der Waals surface area contributed by atoms with Gasteiger partial charge in [0.05, 0.1) is 11.7 Å². The average Bonchev–Trinajstić information content (AvgIpc) is 3.18. The fourth-order valence-corrected chi connectivity index (χ4v) is 3.79. The summed E-state index contributed by atoms with van der Waals surface area (Å²) in [6.07, 6.45) is 1.78. The lowest BCUT2D eigenvalue weighted by molar-refractivity contribution is -0.130. The van der Waals surface area contributed by atoms with Gasteiger partial charge < -0.3 is 16.0 Å². The van der Waals surface area contributed by atoms with Crippen LogP contribution in [0.1, 0.15) is 31.9 Å². The molecular weight excluding hydrogens is 425 g/mol. The van der Waals surface area contributed by atoms with Gasteiger partial charge in [-0.15, -0.1) is 0 Å². The van der Waals surface area contributed by atoms with Crippen LogP contribution in [0.4, 0.5) is 15.9 Å². The number of aryl methyl sites for hydroxylation is 1. The highest BCUT2D eigenvalue weighted by molar-refractivity contribution is 6.09. The fourth-order valence-electron chi connectivity index (χ4n) is 3.79. The third-order valence-electron chi connectivity index (χ3n) is 5.89. The minimum atomic E-state index is -0.929. The summed E-state index contributed by atoms with van der Waals surface area (Å²) in [7, 11) is 1.65. The maximum absolute atomic E-state index is 14.3. The highest BCUT2D eigenvalue weighted by atomic mass is 19.1. The number of benzene rings is 1. The van der Waals surface area contributed by atoms with Gasteiger partial charge in [-0.3, -0.25) is 19.3 Å². The number of fused-ring (bicyclic) bond motifs is 1. The number of carbonyl (C=O) groups excluding carboxylic acids is 3. The van der Waals surface area contributed by atoms with Crippen LogP contribution < -0.4 is 20.9 Å². The van der Waals surface area contributed by atoms with E-state index in [-0.39, 0.29) is 23.9 Å². The summed E-state index contributed by atoms with van der Waals surface area (Å²) in [5.74, 6) is -1.71. The number of amides is 3. The van der Waals surface area contributed by atoms with Crippen molar-refractivity contribution < 1.29 is 18.8 Å². The third-order valence-corrected chi connectivity index (χ3v) is 5.89. The maximum atomic E-state index is 14.3. The van der Waals surface area contributed by atoms with Gasteiger partial charge in [0.1, 0.15) is 23.7 Å². The number of rotatable bonds is 7. The van der Waals surface area contributed by atoms with Gasteiger partial charge in [-0.05, 0) is 50.1 Å². The number of pyridine rings is 1. The molecule has 2 unspecified atom stereocenters. The molecule has 9 heteroatoms. The van der Waals surface area contributed by atoms with E-state index in [1.807, 2.05) is 13.8 Å². The van der Waals surface area contributed by atoms with Gasteiger partial charge in [0.15, 0.2) is 0 Å². The number of likely N-dealkylation sites (N-methyl/N-ethyl adjacent to an activating group) is 1. The van der Waals surface area contributed by atoms with Crippen molar-refractivity contribution in [1.29, 1.82) is 0 Å². The Bertz CT molecular complexity index is 1040. The molecule has 0 aliphatic carbocycles. The summed E-state index contributed by atoms with van der Waals surface area (Å²) in [4.78, 5) is 45.1. The first-order valence-corrected chi connectivity index (χ1v) is 11.0. The quantitative estimate of drug-likeness (QED) is 0.594. The van der Waals surface area contributed by atoms with E-state index in [4.69, 9.17) is 0 Å². The van der Waals surface area contributed by atoms with E-state index < -0.39 is 35.8 Å². The van der Waals surface area contributed by atoms with Crippen LogP contribution >= 0.6 is 0 Å². The summed E-state index contributed by atoms with van der Waals surface area (Å²) < 4.78 is 14.3. The number of nitrogens with one attached hydrogen (secondary N) is 3. The molecule has 1 aromatic heterocycles. The lowest BCUT2D eigenvalue weighted by atomic mass is 10.0. The van der Waals surface area contributed by atoms with Crippen molar-refractivity contribution in [3.05, 3.63) is 53.5 Å². The molecule has 3 amide bonds. The van der Waals surface area contributed by atoms with Crippen LogP contribution in [-0.2, 0) is 20.8 Å². The third kappa shape index (κ3) is 5.03. The van der Waals surface area contributed by atoms with Gasteiger partial charge >= 0.3 is 0 Å². The predicted molar refractivity (Wildman–Crippen MR) is 124 cm³/mol. The van der Waals surface area contributed by atoms with Crippen LogP contribution in [-0.4, -0.2) is 47.9 Å². The van der Waals surface area contributed by atoms with Crippen LogP contribution in [0.3, 0.4) is 0 Å². The van der Waals surface area contributed by atoms with E-state index in [2.05, 4.69) is 20.9 Å². The van der Waals surface area contributed by atoms with Crippen molar-refractivity contribution in [3.8, 4) is 0 Å². The Morgan fingerprint density at radius 1 is 1.15 bits per heavy atom. The highest BCUT2D eigenvalue weighted by Gasteiger charge is 2.43. The van der Waals surface area contributed by atoms with Crippen LogP contribution in [0.25, 0.3) is 0 Å². The van der Waals surface area contributed by atoms with Gasteiger partial charge in [0, 0.05) is 12.6 Å². The van der Waals surface area contributed by atoms with Crippen LogP contribution in [0, 0.1) is 18.7 Å². The molecule has 1 aliphatic heterocycles. The number of carbonyl (C=O) groups is 3. The van der Waals surface area contributed by atoms with Crippen molar-refractivity contribution in [2.75, 3.05) is 17.3 Å². The molecule has 8 nitrogen and oxygen atoms in total. The van der Waals surface area contributed by atoms with E-state index in [1.165, 1.54) is 11.0 Å². The molecule has 1 aliphatic rings. The second-order valence-corrected chi connectivity index (χ2v) is 8.58. The summed E-state index contributed by atoms with van der Waals surface area (Å²) in [6.45, 7) is 7.02. The van der Waals surface area contributed by atoms with Gasteiger partial charge in [0.2, 0.25) is 11.8 Å². The molecule has 3 rings (SSSR count). The van der Waals surface area contributed by atoms with E-state index in [0.717, 1.165) is 5.56 Å². The summed E-state index contributed by atoms with van der Waals surface area (Å²) in [5, 5.41) is 8.28. The van der Waals surface area contributed by atoms with Gasteiger partial charge in [-0.2, -0.15) is 0 Å². The molecule has 3 N–H and O–H groups in total. The maximum Gasteiger partial charge on any atom is 0.251 e. The van der Waals surface area contributed by atoms with Crippen molar-refractivity contribution >= 4 is 29.2 Å². The summed E-state index contributed by atoms with van der Waals surface area (Å²) >= 11 is 0. The Morgan fingerprint density at radius 2 is 1.88 bits per heavy atom. The molecule has 1 aromatic carbocycles. The van der Waals surface area contributed by atoms with Gasteiger partial charge in [0.25, 0.3) is 5.91 Å². The van der Waals surface area contributed by atoms with Gasteiger partial charge in [-0.25, -0.2) is 9.37 Å². The van der Waals surface area contributed by atoms with Crippen molar-refractivity contribution in [2.24, 2.45) is 5.92 Å². The van der Waals surface area contributed by atoms with E-state index in [9.17, 15) is 18.8 Å². The molecule has 176 valence electrons. The molecular formula is C24H30FN5O3. The van der Waals surface area contributed by atoms with Crippen molar-refractivity contribution in [1.82, 2.24) is 15.6 Å². The first-order valence-electron chi connectivity index (χ1n) is 11.0. The topological polar surface area (TPSA) is 103 Å². The number of halogens is 1. The predicted octanol–water partition coefficient (Wildman–Crippen LogP) is 2.17. The summed E-state index contributed by atoms with van der Waals surface area (Å²) in [6, 6.07) is 5.77. The number of hydrogen-bond acceptors (Lipinski definition) is 5. The summed E-state index contributed by atoms with van der Waals surface area (Å²) in [5.41, 5.74) is 1.38. The van der Waals surface area contributed by atoms with E-state index in [1.54, 1.807) is 51.4 Å². The lowest BCUT2D eigenvalue weighted by Crippen LogP contribution is -2.57. The molecule has 0 bridgehead atoms. The minimum Gasteiger partial charge on any atom is -0.343 e. The second kappa shape index (κ2) is 10.1. The molecule has 33 heavy (non-hydrogen) atoms. The molecule has 0 saturated heterocycles. The molecule has 2 heterocycles. The normalized spacial score (nSPS) is 16.8. The molecule has 3 atom stereocenters. The zero-order chi connectivity index (χ0) is 24.3. The number of para-hydroxylation sites is 1. The Morgan fingerprint density at radius 3 is 2.52 bits per heavy atom. The second-order valence-electron chi connectivity index (χ2n) is 8.58. The first-order chi connectivity index (χ1) is 15.6. The van der Waals surface area contributed by atoms with Gasteiger partial charge in [-0.1, -0.05) is 32.0 Å². The molecule has 0 saturated carbocycles. The Hall–Kier alpha value is -3.33. The Balaban J connectivity index is 1.94. The average molecular weight is 456 g/mol. The molecule has 2 aromatic rings. The monoisotopic (exact) mass is 455 g/mol. The molecule has 0 fully saturated rings. The zero-order valence-corrected chi connectivity index (χ0v) is 19.5. The molecule has 0 spiro atoms. The number of aromatic nitrogens is 1. The molecule has 0 radical (unpaired) electrons. The zero-order valence-electron chi connectivity index (χ0n) is 19.5. The van der Waals surface area contributed by atoms with E-state index in [0.29, 0.717) is 11.4 Å². The largest absolute Gasteiger partial charge is 0.343 e. The minimum absolute atomic E-state index is 0.0790. The highest BCUT2D eigenvalue weighted by Crippen LogP contribution is 2.32. The Kier molecular flexibility index (Phi) is 7.43. The lowest BCUT2D eigenvalue weighted by Gasteiger charge is -2.31. The van der Waals surface area contributed by atoms with Crippen molar-refractivity contribution in [3.63, 3.8) is 0 Å². The van der Waals surface area contributed by atoms with Crippen LogP contribution in [0.15, 0.2) is 36.5 Å². The number of hydrogen-bond donors (Lipinski definition) is 3. The van der Waals surface area contributed by atoms with Crippen LogP contribution in [0.5, 0.6) is 0 Å². The van der Waals surface area contributed by atoms with Crippen LogP contribution in [0.2, 0.25) is 0 Å². The standard InChI is InChI=1S/C24H30FN5O3/c1-13(2)19(28-22(31)15(4)26-5)24(33)30-18(12-16-9-7-11-27-21(16)30)23(32)29-20-14(3)8-6-10-17(20)25/h6-11,13,15,18-19,26H,12H2,1-5H3,(H,28,31)(H,29,32)/t15-,18?,19?/m0/s1. The first kappa shape index (κ1) is 24.3. The SMILES string of the molecule is CN[C@@H](C)C(=O)NC(C(=O)N1c2ncccc2CC1C(=O)Nc1c(C)cccc1F)C(C)C.